The number of anilines is 1. The molecule has 0 aliphatic carbocycles. The number of hydrogen-bond acceptors (Lipinski definition) is 7. The number of nitrogens with zero attached hydrogens (tertiary/aromatic N) is 6. The minimum Gasteiger partial charge on any atom is -0.378 e. The molecule has 4 aromatic rings. The quantitative estimate of drug-likeness (QED) is 0.321. The molecule has 36 heavy (non-hydrogen) atoms. The van der Waals surface area contributed by atoms with Gasteiger partial charge in [0.25, 0.3) is 5.91 Å². The van der Waals surface area contributed by atoms with Crippen LogP contribution in [0.4, 0.5) is 5.69 Å². The lowest BCUT2D eigenvalue weighted by Crippen LogP contribution is -2.36. The van der Waals surface area contributed by atoms with Crippen molar-refractivity contribution in [3.05, 3.63) is 95.6 Å². The van der Waals surface area contributed by atoms with E-state index in [1.807, 2.05) is 61.5 Å². The molecule has 2 heterocycles. The van der Waals surface area contributed by atoms with Crippen LogP contribution in [0.15, 0.2) is 84.0 Å². The van der Waals surface area contributed by atoms with Gasteiger partial charge in [-0.1, -0.05) is 54.6 Å². The molecule has 9 heteroatoms. The van der Waals surface area contributed by atoms with E-state index in [0.717, 1.165) is 54.4 Å². The van der Waals surface area contributed by atoms with Crippen molar-refractivity contribution in [2.45, 2.75) is 13.5 Å². The van der Waals surface area contributed by atoms with E-state index in [2.05, 4.69) is 43.0 Å². The molecule has 9 nitrogen and oxygen atoms in total. The number of benzene rings is 3. The van der Waals surface area contributed by atoms with E-state index >= 15 is 0 Å². The Balaban J connectivity index is 1.17. The summed E-state index contributed by atoms with van der Waals surface area (Å²) in [7, 11) is 0. The number of carbonyl (C=O) groups is 1. The van der Waals surface area contributed by atoms with Crippen molar-refractivity contribution in [1.82, 2.24) is 25.6 Å². The van der Waals surface area contributed by atoms with Crippen molar-refractivity contribution < 1.29 is 9.53 Å². The maximum Gasteiger partial charge on any atom is 0.271 e. The zero-order chi connectivity index (χ0) is 24.7. The van der Waals surface area contributed by atoms with Crippen molar-refractivity contribution in [2.24, 2.45) is 5.10 Å². The van der Waals surface area contributed by atoms with Crippen LogP contribution in [0.3, 0.4) is 0 Å². The van der Waals surface area contributed by atoms with Crippen molar-refractivity contribution in [3.63, 3.8) is 0 Å². The number of rotatable bonds is 7. The standard InChI is InChI=1S/C27H27N7O2/c1-20(22-11-13-25(14-12-22)33-15-17-36-18-16-33)28-30-27(35)24-9-7-21(8-10-24)19-34-31-26(29-32-34)23-5-3-2-4-6-23/h2-14H,15-19H2,1H3,(H,30,35). The number of morpholine rings is 1. The SMILES string of the molecule is CC(=NNC(=O)c1ccc(Cn2nnc(-c3ccccc3)n2)cc1)c1ccc(N2CCOCC2)cc1. The van der Waals surface area contributed by atoms with Gasteiger partial charge in [0.05, 0.1) is 25.5 Å². The molecule has 1 aromatic heterocycles. The van der Waals surface area contributed by atoms with Gasteiger partial charge in [-0.2, -0.15) is 9.90 Å². The maximum absolute atomic E-state index is 12.6. The number of tetrazole rings is 1. The van der Waals surface area contributed by atoms with E-state index in [9.17, 15) is 4.79 Å². The lowest BCUT2D eigenvalue weighted by Gasteiger charge is -2.28. The van der Waals surface area contributed by atoms with E-state index in [4.69, 9.17) is 4.74 Å². The third-order valence-corrected chi connectivity index (χ3v) is 6.01. The minimum absolute atomic E-state index is 0.268. The predicted octanol–water partition coefficient (Wildman–Crippen LogP) is 3.38. The molecule has 0 saturated carbocycles. The highest BCUT2D eigenvalue weighted by Gasteiger charge is 2.12. The molecule has 1 amide bonds. The predicted molar refractivity (Wildman–Crippen MR) is 138 cm³/mol. The summed E-state index contributed by atoms with van der Waals surface area (Å²) in [5.74, 6) is 0.312. The Hall–Kier alpha value is -4.37. The molecule has 0 spiro atoms. The molecule has 1 saturated heterocycles. The number of hydrazone groups is 1. The highest BCUT2D eigenvalue weighted by molar-refractivity contribution is 6.01. The summed E-state index contributed by atoms with van der Waals surface area (Å²) in [4.78, 5) is 16.4. The summed E-state index contributed by atoms with van der Waals surface area (Å²) < 4.78 is 5.41. The second-order valence-electron chi connectivity index (χ2n) is 8.49. The average Bonchev–Trinajstić information content (AvgIpc) is 3.41. The summed E-state index contributed by atoms with van der Waals surface area (Å²) in [6.45, 7) is 5.63. The van der Waals surface area contributed by atoms with Gasteiger partial charge in [-0.25, -0.2) is 5.43 Å². The lowest BCUT2D eigenvalue weighted by molar-refractivity contribution is 0.0955. The van der Waals surface area contributed by atoms with Gasteiger partial charge in [-0.15, -0.1) is 10.2 Å². The first-order valence-electron chi connectivity index (χ1n) is 11.9. The first kappa shape index (κ1) is 23.4. The van der Waals surface area contributed by atoms with Crippen molar-refractivity contribution in [3.8, 4) is 11.4 Å². The lowest BCUT2D eigenvalue weighted by atomic mass is 10.1. The maximum atomic E-state index is 12.6. The number of amides is 1. The van der Waals surface area contributed by atoms with Crippen molar-refractivity contribution >= 4 is 17.3 Å². The summed E-state index contributed by atoms with van der Waals surface area (Å²) in [6.07, 6.45) is 0. The fourth-order valence-corrected chi connectivity index (χ4v) is 3.94. The van der Waals surface area contributed by atoms with Crippen LogP contribution in [-0.2, 0) is 11.3 Å². The molecular formula is C27H27N7O2. The van der Waals surface area contributed by atoms with Crippen LogP contribution >= 0.6 is 0 Å². The molecule has 1 N–H and O–H groups in total. The third-order valence-electron chi connectivity index (χ3n) is 6.01. The summed E-state index contributed by atoms with van der Waals surface area (Å²) in [6, 6.07) is 25.2. The topological polar surface area (TPSA) is 97.5 Å². The molecule has 1 fully saturated rings. The molecule has 5 rings (SSSR count). The number of ether oxygens (including phenoxy) is 1. The van der Waals surface area contributed by atoms with E-state index in [1.165, 1.54) is 4.80 Å². The highest BCUT2D eigenvalue weighted by atomic mass is 16.5. The van der Waals surface area contributed by atoms with Gasteiger partial charge in [0.15, 0.2) is 0 Å². The smallest absolute Gasteiger partial charge is 0.271 e. The molecule has 1 aliphatic rings. The molecule has 0 radical (unpaired) electrons. The van der Waals surface area contributed by atoms with Gasteiger partial charge >= 0.3 is 0 Å². The largest absolute Gasteiger partial charge is 0.378 e. The fourth-order valence-electron chi connectivity index (χ4n) is 3.94. The van der Waals surface area contributed by atoms with E-state index in [1.54, 1.807) is 12.1 Å². The van der Waals surface area contributed by atoms with Crippen LogP contribution in [0.2, 0.25) is 0 Å². The monoisotopic (exact) mass is 481 g/mol. The molecular weight excluding hydrogens is 454 g/mol. The number of aromatic nitrogens is 4. The molecule has 0 atom stereocenters. The molecule has 182 valence electrons. The van der Waals surface area contributed by atoms with Crippen LogP contribution in [0.25, 0.3) is 11.4 Å². The van der Waals surface area contributed by atoms with Gasteiger partial charge in [-0.3, -0.25) is 4.79 Å². The van der Waals surface area contributed by atoms with Gasteiger partial charge < -0.3 is 9.64 Å². The molecule has 0 bridgehead atoms. The molecule has 1 aliphatic heterocycles. The Bertz CT molecular complexity index is 1330. The Kier molecular flexibility index (Phi) is 7.09. The van der Waals surface area contributed by atoms with Crippen LogP contribution in [-0.4, -0.2) is 58.1 Å². The van der Waals surface area contributed by atoms with Gasteiger partial charge in [0.2, 0.25) is 5.82 Å². The Morgan fingerprint density at radius 1 is 0.944 bits per heavy atom. The summed E-state index contributed by atoms with van der Waals surface area (Å²) >= 11 is 0. The van der Waals surface area contributed by atoms with E-state index in [-0.39, 0.29) is 5.91 Å². The van der Waals surface area contributed by atoms with E-state index < -0.39 is 0 Å². The highest BCUT2D eigenvalue weighted by Crippen LogP contribution is 2.17. The van der Waals surface area contributed by atoms with Crippen LogP contribution in [0, 0.1) is 0 Å². The first-order valence-corrected chi connectivity index (χ1v) is 11.9. The van der Waals surface area contributed by atoms with E-state index in [0.29, 0.717) is 17.9 Å². The normalized spacial score (nSPS) is 14.0. The Morgan fingerprint density at radius 3 is 2.36 bits per heavy atom. The van der Waals surface area contributed by atoms with Crippen LogP contribution < -0.4 is 10.3 Å². The number of hydrogen-bond donors (Lipinski definition) is 1. The van der Waals surface area contributed by atoms with Gasteiger partial charge in [-0.05, 0) is 47.5 Å². The zero-order valence-electron chi connectivity index (χ0n) is 20.0. The third kappa shape index (κ3) is 5.64. The zero-order valence-corrected chi connectivity index (χ0v) is 20.0. The fraction of sp³-hybridized carbons (Fsp3) is 0.222. The second kappa shape index (κ2) is 10.9. The summed E-state index contributed by atoms with van der Waals surface area (Å²) in [5, 5.41) is 17.0. The second-order valence-corrected chi connectivity index (χ2v) is 8.49. The van der Waals surface area contributed by atoms with Crippen LogP contribution in [0.5, 0.6) is 0 Å². The van der Waals surface area contributed by atoms with Crippen LogP contribution in [0.1, 0.15) is 28.4 Å². The van der Waals surface area contributed by atoms with Crippen molar-refractivity contribution in [2.75, 3.05) is 31.2 Å². The Labute approximate surface area is 209 Å². The van der Waals surface area contributed by atoms with Gasteiger partial charge in [0.1, 0.15) is 0 Å². The summed E-state index contributed by atoms with van der Waals surface area (Å²) in [5.41, 5.74) is 7.90. The average molecular weight is 482 g/mol. The minimum atomic E-state index is -0.268. The number of nitrogens with one attached hydrogen (secondary N) is 1. The van der Waals surface area contributed by atoms with Crippen molar-refractivity contribution in [1.29, 1.82) is 0 Å². The number of carbonyl (C=O) groups excluding carboxylic acids is 1. The molecule has 0 unspecified atom stereocenters. The Morgan fingerprint density at radius 2 is 1.64 bits per heavy atom. The first-order chi connectivity index (χ1) is 17.7. The van der Waals surface area contributed by atoms with Gasteiger partial charge in [0, 0.05) is 29.9 Å². The molecule has 3 aromatic carbocycles.